The molecule has 0 aliphatic heterocycles. The predicted octanol–water partition coefficient (Wildman–Crippen LogP) is 4.55. The summed E-state index contributed by atoms with van der Waals surface area (Å²) in [7, 11) is 0. The van der Waals surface area contributed by atoms with Crippen molar-refractivity contribution in [3.05, 3.63) is 59.7 Å². The summed E-state index contributed by atoms with van der Waals surface area (Å²) >= 11 is -2.26. The van der Waals surface area contributed by atoms with E-state index in [9.17, 15) is 23.8 Å². The molecular weight excluding hydrogens is 356 g/mol. The van der Waals surface area contributed by atoms with Gasteiger partial charge in [0.1, 0.15) is 16.9 Å². The van der Waals surface area contributed by atoms with Gasteiger partial charge in [-0.1, -0.05) is 30.3 Å². The Morgan fingerprint density at radius 3 is 2.50 bits per heavy atom. The van der Waals surface area contributed by atoms with Gasteiger partial charge in [0.05, 0.1) is 4.90 Å². The summed E-state index contributed by atoms with van der Waals surface area (Å²) in [4.78, 5) is 11.4. The number of aryl methyl sites for hydroxylation is 1. The third-order valence-electron chi connectivity index (χ3n) is 3.79. The molecule has 0 spiro atoms. The summed E-state index contributed by atoms with van der Waals surface area (Å²) in [5.74, 6) is -1.81. The molecule has 0 amide bonds. The smallest absolute Gasteiger partial charge is 0.339 e. The van der Waals surface area contributed by atoms with Crippen LogP contribution in [0.4, 0.5) is 11.4 Å². The van der Waals surface area contributed by atoms with E-state index in [-0.39, 0.29) is 21.8 Å². The van der Waals surface area contributed by atoms with Crippen LogP contribution in [0.25, 0.3) is 10.8 Å². The molecule has 1 atom stereocenters. The summed E-state index contributed by atoms with van der Waals surface area (Å²) in [6, 6.07) is 12.9. The first-order valence-electron chi connectivity index (χ1n) is 7.49. The molecule has 3 aromatic rings. The second-order valence-electron chi connectivity index (χ2n) is 5.57. The average molecular weight is 370 g/mol. The number of nitrogens with zero attached hydrogens (tertiary/aromatic N) is 2. The largest absolute Gasteiger partial charge is 0.505 e. The molecule has 0 heterocycles. The molecule has 0 saturated heterocycles. The minimum absolute atomic E-state index is 0.0178. The summed E-state index contributed by atoms with van der Waals surface area (Å²) < 4.78 is 20.9. The lowest BCUT2D eigenvalue weighted by molar-refractivity contribution is 0.0694. The normalized spacial score (nSPS) is 12.5. The zero-order chi connectivity index (χ0) is 18.8. The number of phenols is 1. The van der Waals surface area contributed by atoms with Crippen molar-refractivity contribution in [3.63, 3.8) is 0 Å². The summed E-state index contributed by atoms with van der Waals surface area (Å²) in [6.45, 7) is 1.77. The molecule has 8 heteroatoms. The van der Waals surface area contributed by atoms with Crippen LogP contribution in [0, 0.1) is 6.92 Å². The highest BCUT2D eigenvalue weighted by Gasteiger charge is 2.17. The van der Waals surface area contributed by atoms with Crippen molar-refractivity contribution in [2.75, 3.05) is 0 Å². The maximum atomic E-state index is 11.5. The first-order valence-corrected chi connectivity index (χ1v) is 8.60. The van der Waals surface area contributed by atoms with Crippen LogP contribution in [-0.2, 0) is 11.1 Å². The molecule has 0 radical (unpaired) electrons. The van der Waals surface area contributed by atoms with Gasteiger partial charge in [0, 0.05) is 5.39 Å². The van der Waals surface area contributed by atoms with Crippen LogP contribution in [0.1, 0.15) is 15.9 Å². The molecule has 3 N–H and O–H groups in total. The molecule has 0 aliphatic rings. The van der Waals surface area contributed by atoms with E-state index >= 15 is 0 Å². The number of carboxylic acids is 1. The van der Waals surface area contributed by atoms with Crippen molar-refractivity contribution < 1.29 is 23.8 Å². The van der Waals surface area contributed by atoms with Gasteiger partial charge < -0.3 is 14.8 Å². The fraction of sp³-hybridized carbons (Fsp3) is 0.0556. The lowest BCUT2D eigenvalue weighted by atomic mass is 10.0. The number of hydrogen-bond donors (Lipinski definition) is 3. The predicted molar refractivity (Wildman–Crippen MR) is 97.0 cm³/mol. The van der Waals surface area contributed by atoms with E-state index in [1.165, 1.54) is 18.2 Å². The Hall–Kier alpha value is -3.10. The highest BCUT2D eigenvalue weighted by Crippen LogP contribution is 2.39. The standard InChI is InChI=1S/C18H14N2O5S/c1-10-6-7-14(15(8-10)26(24)25)19-20-16-12-5-3-2-4-11(12)9-13(17(16)21)18(22)23/h2-9,21H,1H3,(H,22,23)(H,24,25). The number of aromatic hydroxyl groups is 1. The maximum absolute atomic E-state index is 11.5. The molecule has 0 fully saturated rings. The highest BCUT2D eigenvalue weighted by atomic mass is 32.2. The Balaban J connectivity index is 2.21. The highest BCUT2D eigenvalue weighted by molar-refractivity contribution is 7.79. The fourth-order valence-corrected chi connectivity index (χ4v) is 3.10. The number of azo groups is 1. The van der Waals surface area contributed by atoms with Gasteiger partial charge in [0.15, 0.2) is 16.8 Å². The van der Waals surface area contributed by atoms with E-state index in [0.717, 1.165) is 5.56 Å². The van der Waals surface area contributed by atoms with E-state index in [4.69, 9.17) is 0 Å². The van der Waals surface area contributed by atoms with Crippen LogP contribution >= 0.6 is 0 Å². The van der Waals surface area contributed by atoms with Crippen LogP contribution in [-0.4, -0.2) is 24.9 Å². The Morgan fingerprint density at radius 1 is 1.08 bits per heavy atom. The summed E-state index contributed by atoms with van der Waals surface area (Å²) in [5.41, 5.74) is 0.617. The monoisotopic (exact) mass is 370 g/mol. The van der Waals surface area contributed by atoms with Gasteiger partial charge in [-0.15, -0.1) is 10.2 Å². The van der Waals surface area contributed by atoms with E-state index in [0.29, 0.717) is 10.8 Å². The van der Waals surface area contributed by atoms with Crippen LogP contribution in [0.5, 0.6) is 5.75 Å². The van der Waals surface area contributed by atoms with Crippen LogP contribution in [0.15, 0.2) is 63.7 Å². The first kappa shape index (κ1) is 17.7. The van der Waals surface area contributed by atoms with Crippen molar-refractivity contribution >= 4 is 39.2 Å². The third kappa shape index (κ3) is 3.32. The Morgan fingerprint density at radius 2 is 1.81 bits per heavy atom. The molecule has 3 aromatic carbocycles. The maximum Gasteiger partial charge on any atom is 0.339 e. The van der Waals surface area contributed by atoms with Gasteiger partial charge in [-0.2, -0.15) is 0 Å². The van der Waals surface area contributed by atoms with Crippen molar-refractivity contribution in [1.29, 1.82) is 0 Å². The Labute approximate surface area is 150 Å². The third-order valence-corrected chi connectivity index (χ3v) is 4.49. The lowest BCUT2D eigenvalue weighted by Gasteiger charge is -2.08. The topological polar surface area (TPSA) is 120 Å². The molecular formula is C18H14N2O5S. The minimum Gasteiger partial charge on any atom is -0.505 e. The van der Waals surface area contributed by atoms with Gasteiger partial charge >= 0.3 is 5.97 Å². The quantitative estimate of drug-likeness (QED) is 0.460. The number of fused-ring (bicyclic) bond motifs is 1. The van der Waals surface area contributed by atoms with Gasteiger partial charge in [-0.05, 0) is 36.1 Å². The van der Waals surface area contributed by atoms with E-state index in [1.807, 2.05) is 0 Å². The van der Waals surface area contributed by atoms with E-state index < -0.39 is 22.8 Å². The lowest BCUT2D eigenvalue weighted by Crippen LogP contribution is -1.97. The fourth-order valence-electron chi connectivity index (χ4n) is 2.53. The van der Waals surface area contributed by atoms with Crippen molar-refractivity contribution in [2.24, 2.45) is 10.2 Å². The molecule has 3 rings (SSSR count). The average Bonchev–Trinajstić information content (AvgIpc) is 2.61. The van der Waals surface area contributed by atoms with Crippen LogP contribution in [0.3, 0.4) is 0 Å². The molecule has 7 nitrogen and oxygen atoms in total. The second-order valence-corrected chi connectivity index (χ2v) is 6.51. The zero-order valence-electron chi connectivity index (χ0n) is 13.6. The molecule has 0 bridgehead atoms. The molecule has 132 valence electrons. The van der Waals surface area contributed by atoms with Crippen molar-refractivity contribution in [1.82, 2.24) is 0 Å². The van der Waals surface area contributed by atoms with Crippen LogP contribution < -0.4 is 0 Å². The molecule has 26 heavy (non-hydrogen) atoms. The Kier molecular flexibility index (Phi) is 4.79. The van der Waals surface area contributed by atoms with Gasteiger partial charge in [-0.25, -0.2) is 9.00 Å². The molecule has 0 saturated carbocycles. The summed E-state index contributed by atoms with van der Waals surface area (Å²) in [6.07, 6.45) is 0. The first-order chi connectivity index (χ1) is 12.4. The van der Waals surface area contributed by atoms with E-state index in [2.05, 4.69) is 10.2 Å². The molecule has 0 aliphatic carbocycles. The van der Waals surface area contributed by atoms with Gasteiger partial charge in [0.2, 0.25) is 0 Å². The molecule has 1 unspecified atom stereocenters. The van der Waals surface area contributed by atoms with Gasteiger partial charge in [-0.3, -0.25) is 0 Å². The van der Waals surface area contributed by atoms with Crippen molar-refractivity contribution in [2.45, 2.75) is 11.8 Å². The van der Waals surface area contributed by atoms with Crippen LogP contribution in [0.2, 0.25) is 0 Å². The number of carbonyl (C=O) groups is 1. The Bertz CT molecular complexity index is 1080. The SMILES string of the molecule is Cc1ccc(N=Nc2c(O)c(C(=O)O)cc3ccccc23)c(S(=O)O)c1. The number of aromatic carboxylic acids is 1. The number of hydrogen-bond acceptors (Lipinski definition) is 5. The molecule has 0 aromatic heterocycles. The summed E-state index contributed by atoms with van der Waals surface area (Å²) in [5, 5.41) is 28.6. The minimum atomic E-state index is -2.26. The number of rotatable bonds is 4. The second kappa shape index (κ2) is 7.03. The number of benzene rings is 3. The van der Waals surface area contributed by atoms with Gasteiger partial charge in [0.25, 0.3) is 0 Å². The van der Waals surface area contributed by atoms with Crippen molar-refractivity contribution in [3.8, 4) is 5.75 Å². The van der Waals surface area contributed by atoms with E-state index in [1.54, 1.807) is 37.3 Å². The zero-order valence-corrected chi connectivity index (χ0v) is 14.4. The number of carboxylic acid groups (broad SMARTS) is 1.